The van der Waals surface area contributed by atoms with Crippen molar-refractivity contribution in [3.63, 3.8) is 0 Å². The summed E-state index contributed by atoms with van der Waals surface area (Å²) in [5, 5.41) is 13.6. The topological polar surface area (TPSA) is 87.2 Å². The van der Waals surface area contributed by atoms with Gasteiger partial charge in [-0.15, -0.1) is 10.2 Å². The highest BCUT2D eigenvalue weighted by atomic mass is 16.2. The maximum absolute atomic E-state index is 11.6. The van der Waals surface area contributed by atoms with Gasteiger partial charge >= 0.3 is 0 Å². The molecular formula is C11H15N5O2. The van der Waals surface area contributed by atoms with Gasteiger partial charge in [-0.3, -0.25) is 9.59 Å². The van der Waals surface area contributed by atoms with Gasteiger partial charge in [0.1, 0.15) is 5.82 Å². The van der Waals surface area contributed by atoms with Gasteiger partial charge < -0.3 is 15.5 Å². The van der Waals surface area contributed by atoms with Gasteiger partial charge in [0.15, 0.2) is 5.69 Å². The van der Waals surface area contributed by atoms with Gasteiger partial charge in [0, 0.05) is 27.1 Å². The van der Waals surface area contributed by atoms with Gasteiger partial charge in [-0.05, 0) is 12.1 Å². The Morgan fingerprint density at radius 3 is 2.72 bits per heavy atom. The SMILES string of the molecule is CN(C)C(=O)c1ccc(NC2CNC(=O)C2)nn1. The van der Waals surface area contributed by atoms with Crippen molar-refractivity contribution in [3.8, 4) is 0 Å². The average Bonchev–Trinajstić information content (AvgIpc) is 2.75. The minimum Gasteiger partial charge on any atom is -0.364 e. The van der Waals surface area contributed by atoms with Crippen LogP contribution >= 0.6 is 0 Å². The Labute approximate surface area is 105 Å². The molecule has 0 aromatic carbocycles. The minimum absolute atomic E-state index is 0.0277. The van der Waals surface area contributed by atoms with E-state index in [4.69, 9.17) is 0 Å². The number of nitrogens with zero attached hydrogens (tertiary/aromatic N) is 3. The van der Waals surface area contributed by atoms with Crippen LogP contribution in [0.5, 0.6) is 0 Å². The third-order valence-corrected chi connectivity index (χ3v) is 2.62. The van der Waals surface area contributed by atoms with Crippen molar-refractivity contribution in [2.75, 3.05) is 26.0 Å². The van der Waals surface area contributed by atoms with Crippen molar-refractivity contribution in [2.45, 2.75) is 12.5 Å². The molecule has 0 bridgehead atoms. The summed E-state index contributed by atoms with van der Waals surface area (Å²) in [7, 11) is 3.32. The van der Waals surface area contributed by atoms with E-state index in [1.165, 1.54) is 4.90 Å². The highest BCUT2D eigenvalue weighted by Crippen LogP contribution is 2.09. The minimum atomic E-state index is -0.188. The van der Waals surface area contributed by atoms with Crippen LogP contribution in [0.25, 0.3) is 0 Å². The number of hydrogen-bond donors (Lipinski definition) is 2. The van der Waals surface area contributed by atoms with E-state index in [-0.39, 0.29) is 17.9 Å². The summed E-state index contributed by atoms with van der Waals surface area (Å²) in [4.78, 5) is 24.1. The predicted molar refractivity (Wildman–Crippen MR) is 65.1 cm³/mol. The molecule has 18 heavy (non-hydrogen) atoms. The van der Waals surface area contributed by atoms with E-state index >= 15 is 0 Å². The number of nitrogens with one attached hydrogen (secondary N) is 2. The van der Waals surface area contributed by atoms with Crippen LogP contribution in [0.2, 0.25) is 0 Å². The molecule has 1 atom stereocenters. The molecular weight excluding hydrogens is 234 g/mol. The van der Waals surface area contributed by atoms with Crippen molar-refractivity contribution in [1.82, 2.24) is 20.4 Å². The molecule has 0 saturated carbocycles. The number of carbonyl (C=O) groups is 2. The molecule has 0 aliphatic carbocycles. The van der Waals surface area contributed by atoms with Crippen molar-refractivity contribution in [2.24, 2.45) is 0 Å². The fourth-order valence-corrected chi connectivity index (χ4v) is 1.67. The van der Waals surface area contributed by atoms with Crippen LogP contribution in [0.4, 0.5) is 5.82 Å². The molecule has 1 saturated heterocycles. The Balaban J connectivity index is 1.99. The molecule has 1 aromatic rings. The van der Waals surface area contributed by atoms with Crippen LogP contribution in [0.1, 0.15) is 16.9 Å². The molecule has 0 radical (unpaired) electrons. The second kappa shape index (κ2) is 4.99. The number of aromatic nitrogens is 2. The zero-order valence-corrected chi connectivity index (χ0v) is 10.3. The Morgan fingerprint density at radius 2 is 2.22 bits per heavy atom. The lowest BCUT2D eigenvalue weighted by atomic mass is 10.2. The normalized spacial score (nSPS) is 18.3. The van der Waals surface area contributed by atoms with Crippen LogP contribution in [0, 0.1) is 0 Å². The smallest absolute Gasteiger partial charge is 0.273 e. The maximum Gasteiger partial charge on any atom is 0.273 e. The lowest BCUT2D eigenvalue weighted by Gasteiger charge is -2.11. The van der Waals surface area contributed by atoms with Crippen LogP contribution in [-0.4, -0.2) is 53.6 Å². The first kappa shape index (κ1) is 12.3. The van der Waals surface area contributed by atoms with Gasteiger partial charge in [-0.1, -0.05) is 0 Å². The van der Waals surface area contributed by atoms with Gasteiger partial charge in [-0.25, -0.2) is 0 Å². The van der Waals surface area contributed by atoms with Crippen LogP contribution in [0.15, 0.2) is 12.1 Å². The molecule has 1 aromatic heterocycles. The Kier molecular flexibility index (Phi) is 3.40. The fourth-order valence-electron chi connectivity index (χ4n) is 1.67. The van der Waals surface area contributed by atoms with E-state index in [9.17, 15) is 9.59 Å². The van der Waals surface area contributed by atoms with Crippen LogP contribution in [-0.2, 0) is 4.79 Å². The van der Waals surface area contributed by atoms with Crippen molar-refractivity contribution in [3.05, 3.63) is 17.8 Å². The molecule has 7 heteroatoms. The highest BCUT2D eigenvalue weighted by molar-refractivity contribution is 5.91. The summed E-state index contributed by atoms with van der Waals surface area (Å²) in [6.07, 6.45) is 0.431. The van der Waals surface area contributed by atoms with Gasteiger partial charge in [-0.2, -0.15) is 0 Å². The maximum atomic E-state index is 11.6. The molecule has 1 aliphatic rings. The molecule has 1 aliphatic heterocycles. The number of anilines is 1. The molecule has 2 amide bonds. The van der Waals surface area contributed by atoms with E-state index in [0.717, 1.165) is 0 Å². The van der Waals surface area contributed by atoms with E-state index < -0.39 is 0 Å². The molecule has 1 unspecified atom stereocenters. The quantitative estimate of drug-likeness (QED) is 0.752. The number of rotatable bonds is 3. The molecule has 2 heterocycles. The van der Waals surface area contributed by atoms with Crippen molar-refractivity contribution in [1.29, 1.82) is 0 Å². The van der Waals surface area contributed by atoms with Crippen LogP contribution in [0.3, 0.4) is 0 Å². The Bertz CT molecular complexity index is 457. The predicted octanol–water partition coefficient (Wildman–Crippen LogP) is -0.521. The third-order valence-electron chi connectivity index (χ3n) is 2.62. The fraction of sp³-hybridized carbons (Fsp3) is 0.455. The third kappa shape index (κ3) is 2.73. The number of hydrogen-bond acceptors (Lipinski definition) is 5. The van der Waals surface area contributed by atoms with E-state index in [0.29, 0.717) is 24.5 Å². The van der Waals surface area contributed by atoms with E-state index in [1.54, 1.807) is 26.2 Å². The average molecular weight is 249 g/mol. The molecule has 2 rings (SSSR count). The van der Waals surface area contributed by atoms with Crippen molar-refractivity contribution >= 4 is 17.6 Å². The van der Waals surface area contributed by atoms with Gasteiger partial charge in [0.05, 0.1) is 6.04 Å². The van der Waals surface area contributed by atoms with E-state index in [2.05, 4.69) is 20.8 Å². The zero-order chi connectivity index (χ0) is 13.1. The Hall–Kier alpha value is -2.18. The zero-order valence-electron chi connectivity index (χ0n) is 10.3. The molecule has 1 fully saturated rings. The molecule has 7 nitrogen and oxygen atoms in total. The second-order valence-corrected chi connectivity index (χ2v) is 4.35. The standard InChI is InChI=1S/C11H15N5O2/c1-16(2)11(18)8-3-4-9(15-14-8)13-7-5-10(17)12-6-7/h3-4,7H,5-6H2,1-2H3,(H,12,17)(H,13,15). The van der Waals surface area contributed by atoms with Crippen LogP contribution < -0.4 is 10.6 Å². The summed E-state index contributed by atoms with van der Waals surface area (Å²) in [6.45, 7) is 0.582. The summed E-state index contributed by atoms with van der Waals surface area (Å²) in [6, 6.07) is 3.33. The highest BCUT2D eigenvalue weighted by Gasteiger charge is 2.21. The molecule has 2 N–H and O–H groups in total. The summed E-state index contributed by atoms with van der Waals surface area (Å²) < 4.78 is 0. The molecule has 96 valence electrons. The Morgan fingerprint density at radius 1 is 1.44 bits per heavy atom. The van der Waals surface area contributed by atoms with Gasteiger partial charge in [0.25, 0.3) is 5.91 Å². The summed E-state index contributed by atoms with van der Waals surface area (Å²) >= 11 is 0. The summed E-state index contributed by atoms with van der Waals surface area (Å²) in [5.41, 5.74) is 0.297. The van der Waals surface area contributed by atoms with Crippen molar-refractivity contribution < 1.29 is 9.59 Å². The lowest BCUT2D eigenvalue weighted by molar-refractivity contribution is -0.119. The number of amides is 2. The molecule has 0 spiro atoms. The first-order valence-electron chi connectivity index (χ1n) is 5.65. The monoisotopic (exact) mass is 249 g/mol. The summed E-state index contributed by atoms with van der Waals surface area (Å²) in [5.74, 6) is 0.401. The van der Waals surface area contributed by atoms with Gasteiger partial charge in [0.2, 0.25) is 5.91 Å². The lowest BCUT2D eigenvalue weighted by Crippen LogP contribution is -2.25. The first-order valence-corrected chi connectivity index (χ1v) is 5.65. The first-order chi connectivity index (χ1) is 8.56. The second-order valence-electron chi connectivity index (χ2n) is 4.35. The largest absolute Gasteiger partial charge is 0.364 e. The number of carbonyl (C=O) groups excluding carboxylic acids is 2. The van der Waals surface area contributed by atoms with E-state index in [1.807, 2.05) is 0 Å².